The second kappa shape index (κ2) is 22.2. The van der Waals surface area contributed by atoms with Crippen molar-refractivity contribution in [3.05, 3.63) is 105 Å². The molecule has 10 rings (SSSR count). The number of nitrogens with two attached hydrogens (primary N) is 1. The number of nitrogens with zero attached hydrogens (tertiary/aromatic N) is 5. The summed E-state index contributed by atoms with van der Waals surface area (Å²) in [4.78, 5) is 57.0. The van der Waals surface area contributed by atoms with Gasteiger partial charge < -0.3 is 35.4 Å². The highest BCUT2D eigenvalue weighted by molar-refractivity contribution is 6.34. The number of nitrogens with one attached hydrogen (secondary N) is 2. The van der Waals surface area contributed by atoms with Crippen molar-refractivity contribution in [3.63, 3.8) is 0 Å². The van der Waals surface area contributed by atoms with Gasteiger partial charge in [0, 0.05) is 91.9 Å². The zero-order valence-electron chi connectivity index (χ0n) is 43.5. The van der Waals surface area contributed by atoms with Gasteiger partial charge in [-0.25, -0.2) is 22.4 Å². The summed E-state index contributed by atoms with van der Waals surface area (Å²) in [6.45, 7) is 6.48. The van der Waals surface area contributed by atoms with Gasteiger partial charge in [0.05, 0.1) is 22.6 Å². The van der Waals surface area contributed by atoms with Crippen LogP contribution in [-0.4, -0.2) is 113 Å². The number of urea groups is 1. The monoisotopic (exact) mass is 1080 g/mol. The smallest absolute Gasteiger partial charge is 0.329 e. The molecule has 5 heterocycles. The fourth-order valence-corrected chi connectivity index (χ4v) is 13.4. The number of piperidine rings is 2. The average Bonchev–Trinajstić information content (AvgIpc) is 4.00. The zero-order chi connectivity index (χ0) is 54.4. The molecule has 15 nitrogen and oxygen atoms in total. The standard InChI is InChI=1S/C57H65ClF4N8O7/c1-4-41(68-21-18-33(19-22-68)46-39(59)28-38-52(51(46)62)67(3)66-54(38)70-25-20-44(72)65-56(70)75)32-16-23-69(24-17-32)55(74)34-10-12-36(13-11-34)64-30-57(35-8-6-5-7-9-35)31(2)45-43(77-57)29-40(60)49(58)48(45)47-37(53(63)73)14-15-42(50(47)61)76-27-26-71/h5-9,14-15,28-29,31-34,36,41,64,71H,4,10-13,16-27,30H2,1-3H3,(H2,63,73)(H,65,72,75). The Hall–Kier alpha value is -6.28. The van der Waals surface area contributed by atoms with Crippen molar-refractivity contribution >= 4 is 52.1 Å². The molecule has 0 spiro atoms. The first kappa shape index (κ1) is 54.1. The first-order chi connectivity index (χ1) is 37.0. The van der Waals surface area contributed by atoms with Crippen molar-refractivity contribution < 1.29 is 51.3 Å². The van der Waals surface area contributed by atoms with Gasteiger partial charge in [0.2, 0.25) is 17.7 Å². The van der Waals surface area contributed by atoms with Gasteiger partial charge in [-0.1, -0.05) is 55.8 Å². The van der Waals surface area contributed by atoms with E-state index in [2.05, 4.69) is 27.6 Å². The number of ether oxygens (including phenoxy) is 2. The van der Waals surface area contributed by atoms with Gasteiger partial charge in [-0.05, 0) is 106 Å². The molecule has 1 saturated carbocycles. The van der Waals surface area contributed by atoms with Crippen molar-refractivity contribution in [3.8, 4) is 22.6 Å². The largest absolute Gasteiger partial charge is 0.488 e. The van der Waals surface area contributed by atoms with E-state index in [9.17, 15) is 24.3 Å². The van der Waals surface area contributed by atoms with Gasteiger partial charge in [-0.3, -0.25) is 29.3 Å². The predicted octanol–water partition coefficient (Wildman–Crippen LogP) is 8.80. The van der Waals surface area contributed by atoms with Gasteiger partial charge in [-0.15, -0.1) is 0 Å². The van der Waals surface area contributed by atoms with Crippen LogP contribution >= 0.6 is 11.6 Å². The van der Waals surface area contributed by atoms with E-state index in [1.165, 1.54) is 33.8 Å². The zero-order valence-corrected chi connectivity index (χ0v) is 44.2. The fourth-order valence-electron chi connectivity index (χ4n) is 13.2. The van der Waals surface area contributed by atoms with Crippen molar-refractivity contribution in [2.75, 3.05) is 57.4 Å². The predicted molar refractivity (Wildman–Crippen MR) is 282 cm³/mol. The molecule has 410 valence electrons. The lowest BCUT2D eigenvalue weighted by Gasteiger charge is -2.44. The van der Waals surface area contributed by atoms with Crippen LogP contribution in [0, 0.1) is 35.1 Å². The molecule has 0 bridgehead atoms. The molecule has 20 heteroatoms. The second-order valence-corrected chi connectivity index (χ2v) is 21.7. The molecular weight excluding hydrogens is 1020 g/mol. The van der Waals surface area contributed by atoms with Crippen LogP contribution in [0.2, 0.25) is 5.02 Å². The molecule has 4 aliphatic heterocycles. The maximum Gasteiger partial charge on any atom is 0.329 e. The third kappa shape index (κ3) is 10.0. The number of amides is 5. The third-order valence-electron chi connectivity index (χ3n) is 17.2. The Balaban J connectivity index is 0.756. The number of carbonyl (C=O) groups is 4. The maximum absolute atomic E-state index is 16.5. The number of hydrogen-bond acceptors (Lipinski definition) is 10. The Morgan fingerprint density at radius 1 is 0.922 bits per heavy atom. The highest BCUT2D eigenvalue weighted by atomic mass is 35.5. The Morgan fingerprint density at radius 2 is 1.64 bits per heavy atom. The van der Waals surface area contributed by atoms with E-state index in [1.807, 2.05) is 42.2 Å². The molecule has 3 unspecified atom stereocenters. The summed E-state index contributed by atoms with van der Waals surface area (Å²) >= 11 is 6.73. The molecule has 0 radical (unpaired) electrons. The van der Waals surface area contributed by atoms with E-state index in [0.29, 0.717) is 63.3 Å². The SMILES string of the molecule is CCC(C1CCN(C(=O)C2CCC(NCC3(c4ccccc4)Oc4cc(F)c(Cl)c(-c5c(C(N)=O)ccc(OCCO)c5F)c4C3C)CC2)CC1)N1CCC(c2c(F)cc3c(N4CCC(=O)NC4=O)nn(C)c3c2F)CC1. The van der Waals surface area contributed by atoms with E-state index in [-0.39, 0.29) is 106 Å². The van der Waals surface area contributed by atoms with Crippen LogP contribution in [0.4, 0.5) is 28.2 Å². The van der Waals surface area contributed by atoms with Gasteiger partial charge in [0.15, 0.2) is 28.8 Å². The Labute approximate surface area is 449 Å². The van der Waals surface area contributed by atoms with Gasteiger partial charge >= 0.3 is 6.03 Å². The number of anilines is 1. The first-order valence-electron chi connectivity index (χ1n) is 26.9. The highest BCUT2D eigenvalue weighted by Crippen LogP contribution is 2.57. The molecule has 5 amide bonds. The van der Waals surface area contributed by atoms with E-state index in [1.54, 1.807) is 7.05 Å². The molecule has 5 aromatic rings. The number of aliphatic hydroxyl groups is 1. The number of imide groups is 1. The van der Waals surface area contributed by atoms with Crippen LogP contribution in [-0.2, 0) is 22.2 Å². The number of aliphatic hydroxyl groups excluding tert-OH is 1. The molecule has 4 aromatic carbocycles. The van der Waals surface area contributed by atoms with E-state index in [0.717, 1.165) is 37.7 Å². The number of likely N-dealkylation sites (tertiary alicyclic amines) is 2. The Bertz CT molecular complexity index is 3090. The summed E-state index contributed by atoms with van der Waals surface area (Å²) in [5.41, 5.74) is 5.34. The van der Waals surface area contributed by atoms with Crippen molar-refractivity contribution in [1.82, 2.24) is 30.2 Å². The lowest BCUT2D eigenvalue weighted by molar-refractivity contribution is -0.138. The lowest BCUT2D eigenvalue weighted by atomic mass is 9.77. The van der Waals surface area contributed by atoms with Crippen molar-refractivity contribution in [1.29, 1.82) is 0 Å². The first-order valence-corrected chi connectivity index (χ1v) is 27.3. The van der Waals surface area contributed by atoms with E-state index >= 15 is 17.6 Å². The summed E-state index contributed by atoms with van der Waals surface area (Å²) in [7, 11) is 1.56. The van der Waals surface area contributed by atoms with Crippen molar-refractivity contribution in [2.24, 2.45) is 24.6 Å². The topological polar surface area (TPSA) is 185 Å². The Kier molecular flexibility index (Phi) is 15.6. The maximum atomic E-state index is 16.5. The number of carbonyl (C=O) groups excluding carboxylic acids is 4. The quantitative estimate of drug-likeness (QED) is 0.0739. The van der Waals surface area contributed by atoms with Crippen LogP contribution in [0.3, 0.4) is 0 Å². The van der Waals surface area contributed by atoms with Gasteiger partial charge in [-0.2, -0.15) is 5.10 Å². The number of aromatic nitrogens is 2. The summed E-state index contributed by atoms with van der Waals surface area (Å²) in [6, 6.07) is 14.1. The summed E-state index contributed by atoms with van der Waals surface area (Å²) in [5, 5.41) is 19.5. The minimum Gasteiger partial charge on any atom is -0.488 e. The molecule has 3 atom stereocenters. The minimum absolute atomic E-state index is 0.0282. The number of rotatable bonds is 15. The second-order valence-electron chi connectivity index (χ2n) is 21.3. The number of halogens is 5. The number of fused-ring (bicyclic) bond motifs is 2. The molecule has 3 saturated heterocycles. The van der Waals surface area contributed by atoms with Crippen LogP contribution in [0.25, 0.3) is 22.0 Å². The minimum atomic E-state index is -1.14. The summed E-state index contributed by atoms with van der Waals surface area (Å²) in [6.07, 6.45) is 6.72. The number of hydrogen-bond donors (Lipinski definition) is 4. The Morgan fingerprint density at radius 3 is 2.30 bits per heavy atom. The van der Waals surface area contributed by atoms with Crippen LogP contribution < -0.4 is 30.7 Å². The van der Waals surface area contributed by atoms with Gasteiger partial charge in [0.25, 0.3) is 0 Å². The third-order valence-corrected chi connectivity index (χ3v) is 17.5. The van der Waals surface area contributed by atoms with Crippen LogP contribution in [0.1, 0.15) is 117 Å². The molecule has 5 aliphatic rings. The normalized spacial score (nSPS) is 23.0. The number of primary amides is 1. The fraction of sp³-hybridized carbons (Fsp3) is 0.491. The van der Waals surface area contributed by atoms with E-state index < -0.39 is 64.3 Å². The molecule has 77 heavy (non-hydrogen) atoms. The summed E-state index contributed by atoms with van der Waals surface area (Å²) < 4.78 is 78.4. The molecule has 4 fully saturated rings. The van der Waals surface area contributed by atoms with Crippen molar-refractivity contribution in [2.45, 2.75) is 108 Å². The van der Waals surface area contributed by atoms with E-state index in [4.69, 9.17) is 26.8 Å². The molecular formula is C57H65ClF4N8O7. The number of aryl methyl sites for hydroxylation is 1. The van der Waals surface area contributed by atoms with Gasteiger partial charge in [0.1, 0.15) is 29.5 Å². The lowest BCUT2D eigenvalue weighted by Crippen LogP contribution is -2.50. The number of benzene rings is 4. The molecule has 1 aromatic heterocycles. The average molecular weight is 1090 g/mol. The molecule has 1 aliphatic carbocycles. The summed E-state index contributed by atoms with van der Waals surface area (Å²) in [5.74, 6) is -5.10. The molecule has 5 N–H and O–H groups in total. The highest BCUT2D eigenvalue weighted by Gasteiger charge is 2.50. The van der Waals surface area contributed by atoms with Crippen LogP contribution in [0.15, 0.2) is 54.6 Å². The van der Waals surface area contributed by atoms with Crippen LogP contribution in [0.5, 0.6) is 11.5 Å².